The zero-order valence-electron chi connectivity index (χ0n) is 12.2. The summed E-state index contributed by atoms with van der Waals surface area (Å²) >= 11 is 0. The lowest BCUT2D eigenvalue weighted by Gasteiger charge is -2.32. The van der Waals surface area contributed by atoms with Crippen molar-refractivity contribution in [2.45, 2.75) is 50.9 Å². The molecule has 2 unspecified atom stereocenters. The number of fused-ring (bicyclic) bond motifs is 1. The van der Waals surface area contributed by atoms with E-state index in [9.17, 15) is 0 Å². The second-order valence-corrected chi connectivity index (χ2v) is 5.91. The fourth-order valence-corrected chi connectivity index (χ4v) is 2.55. The van der Waals surface area contributed by atoms with Gasteiger partial charge < -0.3 is 15.2 Å². The van der Waals surface area contributed by atoms with Gasteiger partial charge in [-0.15, -0.1) is 0 Å². The molecule has 3 heteroatoms. The van der Waals surface area contributed by atoms with E-state index in [1.54, 1.807) is 7.11 Å². The van der Waals surface area contributed by atoms with Crippen LogP contribution in [0.5, 0.6) is 0 Å². The minimum atomic E-state index is -0.119. The van der Waals surface area contributed by atoms with Gasteiger partial charge in [0.1, 0.15) is 0 Å². The third-order valence-electron chi connectivity index (χ3n) is 4.05. The number of rotatable bonds is 5. The van der Waals surface area contributed by atoms with Crippen LogP contribution in [0.2, 0.25) is 0 Å². The van der Waals surface area contributed by atoms with Crippen LogP contribution in [0.3, 0.4) is 0 Å². The van der Waals surface area contributed by atoms with Crippen molar-refractivity contribution in [1.82, 2.24) is 0 Å². The van der Waals surface area contributed by atoms with Crippen molar-refractivity contribution < 1.29 is 9.47 Å². The van der Waals surface area contributed by atoms with E-state index in [1.807, 2.05) is 0 Å². The minimum absolute atomic E-state index is 0.0240. The lowest BCUT2D eigenvalue weighted by Crippen LogP contribution is -2.36. The Labute approximate surface area is 116 Å². The Morgan fingerprint density at radius 1 is 1.42 bits per heavy atom. The topological polar surface area (TPSA) is 44.5 Å². The van der Waals surface area contributed by atoms with Gasteiger partial charge in [0.25, 0.3) is 0 Å². The van der Waals surface area contributed by atoms with Crippen LogP contribution in [0.15, 0.2) is 24.3 Å². The number of benzene rings is 1. The predicted octanol–water partition coefficient (Wildman–Crippen LogP) is 2.83. The number of hydrogen-bond donors (Lipinski definition) is 1. The second-order valence-electron chi connectivity index (χ2n) is 5.91. The minimum Gasteiger partial charge on any atom is -0.379 e. The van der Waals surface area contributed by atoms with Crippen LogP contribution in [-0.4, -0.2) is 25.4 Å². The quantitative estimate of drug-likeness (QED) is 0.888. The molecule has 1 aromatic carbocycles. The monoisotopic (exact) mass is 263 g/mol. The lowest BCUT2D eigenvalue weighted by molar-refractivity contribution is -0.00533. The van der Waals surface area contributed by atoms with Gasteiger partial charge in [-0.3, -0.25) is 0 Å². The van der Waals surface area contributed by atoms with E-state index in [4.69, 9.17) is 15.2 Å². The first-order valence-corrected chi connectivity index (χ1v) is 7.03. The fraction of sp³-hybridized carbons (Fsp3) is 0.625. The van der Waals surface area contributed by atoms with E-state index in [1.165, 1.54) is 11.1 Å². The average molecular weight is 263 g/mol. The van der Waals surface area contributed by atoms with Crippen molar-refractivity contribution in [3.05, 3.63) is 35.4 Å². The zero-order chi connectivity index (χ0) is 13.9. The summed E-state index contributed by atoms with van der Waals surface area (Å²) in [5, 5.41) is 0. The zero-order valence-corrected chi connectivity index (χ0v) is 12.2. The maximum atomic E-state index is 6.34. The molecule has 2 rings (SSSR count). The standard InChI is InChI=1S/C16H25NO2/c1-16(2,18-3)10-8-14(17)15-13-7-5-4-6-12(13)9-11-19-15/h4-7,14-15H,8-11,17H2,1-3H3. The van der Waals surface area contributed by atoms with Gasteiger partial charge in [-0.25, -0.2) is 0 Å². The highest BCUT2D eigenvalue weighted by molar-refractivity contribution is 5.31. The van der Waals surface area contributed by atoms with Crippen LogP contribution < -0.4 is 5.73 Å². The van der Waals surface area contributed by atoms with Gasteiger partial charge in [0.15, 0.2) is 0 Å². The molecule has 0 saturated heterocycles. The summed E-state index contributed by atoms with van der Waals surface area (Å²) in [5.41, 5.74) is 8.86. The third kappa shape index (κ3) is 3.56. The summed E-state index contributed by atoms with van der Waals surface area (Å²) in [4.78, 5) is 0. The van der Waals surface area contributed by atoms with Gasteiger partial charge in [0.2, 0.25) is 0 Å². The van der Waals surface area contributed by atoms with E-state index in [2.05, 4.69) is 38.1 Å². The van der Waals surface area contributed by atoms with Gasteiger partial charge in [-0.2, -0.15) is 0 Å². The number of hydrogen-bond acceptors (Lipinski definition) is 3. The average Bonchev–Trinajstić information content (AvgIpc) is 2.44. The molecule has 1 aliphatic rings. The second kappa shape index (κ2) is 6.04. The highest BCUT2D eigenvalue weighted by atomic mass is 16.5. The van der Waals surface area contributed by atoms with Crippen molar-refractivity contribution in [3.63, 3.8) is 0 Å². The summed E-state index contributed by atoms with van der Waals surface area (Å²) in [5.74, 6) is 0. The Kier molecular flexibility index (Phi) is 4.61. The lowest BCUT2D eigenvalue weighted by atomic mass is 9.89. The first kappa shape index (κ1) is 14.5. The maximum Gasteiger partial charge on any atom is 0.0978 e. The molecule has 0 aromatic heterocycles. The van der Waals surface area contributed by atoms with Crippen LogP contribution in [0.1, 0.15) is 43.9 Å². The molecule has 0 amide bonds. The Morgan fingerprint density at radius 3 is 2.89 bits per heavy atom. The predicted molar refractivity (Wildman–Crippen MR) is 77.1 cm³/mol. The molecule has 0 saturated carbocycles. The van der Waals surface area contributed by atoms with Crippen molar-refractivity contribution in [3.8, 4) is 0 Å². The van der Waals surface area contributed by atoms with E-state index in [-0.39, 0.29) is 17.7 Å². The summed E-state index contributed by atoms with van der Waals surface area (Å²) < 4.78 is 11.3. The van der Waals surface area contributed by atoms with Crippen molar-refractivity contribution in [2.75, 3.05) is 13.7 Å². The van der Waals surface area contributed by atoms with Gasteiger partial charge in [0, 0.05) is 13.2 Å². The first-order chi connectivity index (χ1) is 9.03. The first-order valence-electron chi connectivity index (χ1n) is 7.03. The summed E-state index contributed by atoms with van der Waals surface area (Å²) in [6, 6.07) is 8.49. The number of ether oxygens (including phenoxy) is 2. The van der Waals surface area contributed by atoms with Gasteiger partial charge in [-0.05, 0) is 44.2 Å². The van der Waals surface area contributed by atoms with Crippen LogP contribution in [0.25, 0.3) is 0 Å². The largest absolute Gasteiger partial charge is 0.379 e. The van der Waals surface area contributed by atoms with Crippen LogP contribution in [0.4, 0.5) is 0 Å². The van der Waals surface area contributed by atoms with E-state index >= 15 is 0 Å². The highest BCUT2D eigenvalue weighted by Gasteiger charge is 2.28. The summed E-state index contributed by atoms with van der Waals surface area (Å²) in [6.07, 6.45) is 2.85. The van der Waals surface area contributed by atoms with E-state index in [0.29, 0.717) is 0 Å². The molecule has 0 radical (unpaired) electrons. The summed E-state index contributed by atoms with van der Waals surface area (Å²) in [7, 11) is 1.75. The molecule has 3 nitrogen and oxygen atoms in total. The third-order valence-corrected chi connectivity index (χ3v) is 4.05. The normalized spacial score (nSPS) is 20.9. The fourth-order valence-electron chi connectivity index (χ4n) is 2.55. The molecular weight excluding hydrogens is 238 g/mol. The van der Waals surface area contributed by atoms with E-state index < -0.39 is 0 Å². The molecular formula is C16H25NO2. The molecule has 0 fully saturated rings. The van der Waals surface area contributed by atoms with Crippen molar-refractivity contribution >= 4 is 0 Å². The van der Waals surface area contributed by atoms with Gasteiger partial charge >= 0.3 is 0 Å². The Bertz CT molecular complexity index is 417. The highest BCUT2D eigenvalue weighted by Crippen LogP contribution is 2.31. The van der Waals surface area contributed by atoms with Gasteiger partial charge in [-0.1, -0.05) is 24.3 Å². The molecule has 0 bridgehead atoms. The molecule has 106 valence electrons. The molecule has 1 aromatic rings. The van der Waals surface area contributed by atoms with Crippen LogP contribution >= 0.6 is 0 Å². The number of methoxy groups -OCH3 is 1. The maximum absolute atomic E-state index is 6.34. The molecule has 0 aliphatic carbocycles. The smallest absolute Gasteiger partial charge is 0.0978 e. The Hall–Kier alpha value is -0.900. The van der Waals surface area contributed by atoms with Crippen molar-refractivity contribution in [2.24, 2.45) is 5.73 Å². The van der Waals surface area contributed by atoms with Crippen LogP contribution in [0, 0.1) is 0 Å². The Balaban J connectivity index is 2.03. The SMILES string of the molecule is COC(C)(C)CCC(N)C1OCCc2ccccc21. The van der Waals surface area contributed by atoms with Gasteiger partial charge in [0.05, 0.1) is 18.3 Å². The molecule has 1 heterocycles. The number of nitrogens with two attached hydrogens (primary N) is 1. The molecule has 2 atom stereocenters. The molecule has 0 spiro atoms. The molecule has 2 N–H and O–H groups in total. The van der Waals surface area contributed by atoms with Crippen LogP contribution in [-0.2, 0) is 15.9 Å². The summed E-state index contributed by atoms with van der Waals surface area (Å²) in [6.45, 7) is 4.95. The molecule has 1 aliphatic heterocycles. The Morgan fingerprint density at radius 2 is 2.16 bits per heavy atom. The molecule has 19 heavy (non-hydrogen) atoms. The van der Waals surface area contributed by atoms with E-state index in [0.717, 1.165) is 25.9 Å². The van der Waals surface area contributed by atoms with Crippen molar-refractivity contribution in [1.29, 1.82) is 0 Å².